The number of benzene rings is 1. The van der Waals surface area contributed by atoms with Crippen LogP contribution in [-0.4, -0.2) is 59.7 Å². The first-order valence-electron chi connectivity index (χ1n) is 9.77. The van der Waals surface area contributed by atoms with E-state index in [-0.39, 0.29) is 12.0 Å². The lowest BCUT2D eigenvalue weighted by atomic mass is 10.1. The summed E-state index contributed by atoms with van der Waals surface area (Å²) in [6.07, 6.45) is -0.0726. The minimum absolute atomic E-state index is 0.0978. The third kappa shape index (κ3) is 6.52. The van der Waals surface area contributed by atoms with Crippen molar-refractivity contribution in [2.24, 2.45) is 4.99 Å². The second-order valence-corrected chi connectivity index (χ2v) is 6.32. The Kier molecular flexibility index (Phi) is 10.2. The van der Waals surface area contributed by atoms with Gasteiger partial charge in [-0.2, -0.15) is 5.10 Å². The van der Waals surface area contributed by atoms with Crippen molar-refractivity contribution in [3.63, 3.8) is 0 Å². The summed E-state index contributed by atoms with van der Waals surface area (Å²) in [5.41, 5.74) is 1.85. The van der Waals surface area contributed by atoms with E-state index in [1.807, 2.05) is 20.8 Å². The molecule has 1 N–H and O–H groups in total. The topological polar surface area (TPSA) is 80.0 Å². The second-order valence-electron chi connectivity index (χ2n) is 6.32. The first-order valence-corrected chi connectivity index (χ1v) is 9.77. The molecule has 0 saturated heterocycles. The SMILES string of the molecule is C=Nc1c(C)c(C(=C)OC)nn1-c1ccc(F)c(C#CC(O)CCN(C)C=O)c1.CC. The molecule has 2 aromatic rings. The molecule has 8 heteroatoms. The molecule has 1 atom stereocenters. The Morgan fingerprint density at radius 1 is 1.48 bits per heavy atom. The van der Waals surface area contributed by atoms with Gasteiger partial charge < -0.3 is 14.7 Å². The molecule has 0 saturated carbocycles. The molecule has 1 aromatic carbocycles. The third-order valence-electron chi connectivity index (χ3n) is 4.25. The van der Waals surface area contributed by atoms with Gasteiger partial charge in [-0.1, -0.05) is 32.3 Å². The summed E-state index contributed by atoms with van der Waals surface area (Å²) >= 11 is 0. The quantitative estimate of drug-likeness (QED) is 0.302. The van der Waals surface area contributed by atoms with Crippen LogP contribution < -0.4 is 0 Å². The van der Waals surface area contributed by atoms with E-state index in [0.29, 0.717) is 35.9 Å². The highest BCUT2D eigenvalue weighted by Gasteiger charge is 2.18. The summed E-state index contributed by atoms with van der Waals surface area (Å²) in [7, 11) is 3.09. The van der Waals surface area contributed by atoms with Gasteiger partial charge in [-0.15, -0.1) is 0 Å². The van der Waals surface area contributed by atoms with Gasteiger partial charge in [0.05, 0.1) is 18.4 Å². The van der Waals surface area contributed by atoms with Crippen LogP contribution in [-0.2, 0) is 9.53 Å². The number of carbonyl (C=O) groups excluding carboxylic acids is 1. The number of aliphatic hydroxyl groups excluding tert-OH is 1. The number of amides is 1. The zero-order valence-electron chi connectivity index (χ0n) is 18.6. The smallest absolute Gasteiger partial charge is 0.209 e. The molecular weight excluding hydrogens is 399 g/mol. The Morgan fingerprint density at radius 3 is 2.74 bits per heavy atom. The first kappa shape index (κ1) is 25.6. The van der Waals surface area contributed by atoms with E-state index in [9.17, 15) is 14.3 Å². The van der Waals surface area contributed by atoms with Gasteiger partial charge in [0.2, 0.25) is 6.41 Å². The second kappa shape index (κ2) is 12.3. The van der Waals surface area contributed by atoms with Gasteiger partial charge in [-0.05, 0) is 31.8 Å². The minimum Gasteiger partial charge on any atom is -0.495 e. The molecular formula is C23H29FN4O3. The van der Waals surface area contributed by atoms with Crippen molar-refractivity contribution in [2.45, 2.75) is 33.3 Å². The number of aliphatic imine (C=N–C) groups is 1. The summed E-state index contributed by atoms with van der Waals surface area (Å²) < 4.78 is 20.9. The van der Waals surface area contributed by atoms with Crippen molar-refractivity contribution >= 4 is 24.7 Å². The van der Waals surface area contributed by atoms with Crippen molar-refractivity contribution in [2.75, 3.05) is 20.7 Å². The fourth-order valence-corrected chi connectivity index (χ4v) is 2.57. The molecule has 7 nitrogen and oxygen atoms in total. The van der Waals surface area contributed by atoms with E-state index in [2.05, 4.69) is 35.2 Å². The molecule has 0 bridgehead atoms. The highest BCUT2D eigenvalue weighted by atomic mass is 19.1. The van der Waals surface area contributed by atoms with Crippen LogP contribution in [0.1, 0.15) is 37.1 Å². The Labute approximate surface area is 182 Å². The summed E-state index contributed by atoms with van der Waals surface area (Å²) in [4.78, 5) is 16.0. The predicted octanol–water partition coefficient (Wildman–Crippen LogP) is 3.49. The summed E-state index contributed by atoms with van der Waals surface area (Å²) in [5.74, 6) is 5.55. The van der Waals surface area contributed by atoms with Crippen molar-refractivity contribution in [1.82, 2.24) is 14.7 Å². The Bertz CT molecular complexity index is 989. The summed E-state index contributed by atoms with van der Waals surface area (Å²) in [5, 5.41) is 14.4. The van der Waals surface area contributed by atoms with Crippen LogP contribution in [0.2, 0.25) is 0 Å². The molecule has 1 heterocycles. The molecule has 0 spiro atoms. The van der Waals surface area contributed by atoms with Gasteiger partial charge in [0.15, 0.2) is 5.82 Å². The Hall–Kier alpha value is -3.44. The van der Waals surface area contributed by atoms with Gasteiger partial charge in [-0.3, -0.25) is 4.79 Å². The number of rotatable bonds is 8. The molecule has 0 aliphatic heterocycles. The van der Waals surface area contributed by atoms with Gasteiger partial charge in [0.25, 0.3) is 0 Å². The van der Waals surface area contributed by atoms with E-state index in [4.69, 9.17) is 4.74 Å². The predicted molar refractivity (Wildman–Crippen MR) is 121 cm³/mol. The maximum Gasteiger partial charge on any atom is 0.209 e. The largest absolute Gasteiger partial charge is 0.495 e. The maximum atomic E-state index is 14.2. The minimum atomic E-state index is -0.991. The monoisotopic (exact) mass is 428 g/mol. The van der Waals surface area contributed by atoms with Crippen LogP contribution in [0, 0.1) is 24.6 Å². The molecule has 2 rings (SSSR count). The lowest BCUT2D eigenvalue weighted by molar-refractivity contribution is -0.117. The van der Waals surface area contributed by atoms with Crippen molar-refractivity contribution in [1.29, 1.82) is 0 Å². The summed E-state index contributed by atoms with van der Waals surface area (Å²) in [6.45, 7) is 13.5. The molecule has 0 aliphatic rings. The number of aromatic nitrogens is 2. The Morgan fingerprint density at radius 2 is 2.16 bits per heavy atom. The van der Waals surface area contributed by atoms with Crippen molar-refractivity contribution in [3.8, 4) is 17.5 Å². The lowest BCUT2D eigenvalue weighted by Gasteiger charge is -2.10. The number of halogens is 1. The fraction of sp³-hybridized carbons (Fsp3) is 0.348. The number of methoxy groups -OCH3 is 1. The highest BCUT2D eigenvalue weighted by molar-refractivity contribution is 5.65. The Balaban J connectivity index is 0.00000233. The lowest BCUT2D eigenvalue weighted by Crippen LogP contribution is -2.21. The standard InChI is InChI=1S/C21H23FN4O3.C2H6/c1-14-20(15(2)29-5)24-26(21(14)23-3)17-7-9-19(22)16(12-17)6-8-18(28)10-11-25(4)13-27;1-2/h7,9,12-13,18,28H,2-3,10-11H2,1,4-5H3;1-2H3. The fourth-order valence-electron chi connectivity index (χ4n) is 2.57. The van der Waals surface area contributed by atoms with E-state index < -0.39 is 11.9 Å². The number of carbonyl (C=O) groups is 1. The van der Waals surface area contributed by atoms with Gasteiger partial charge in [0, 0.05) is 25.6 Å². The molecule has 0 aliphatic carbocycles. The van der Waals surface area contributed by atoms with Gasteiger partial charge >= 0.3 is 0 Å². The van der Waals surface area contributed by atoms with Crippen LogP contribution in [0.15, 0.2) is 29.8 Å². The average molecular weight is 429 g/mol. The van der Waals surface area contributed by atoms with Crippen LogP contribution in [0.25, 0.3) is 11.4 Å². The van der Waals surface area contributed by atoms with E-state index in [1.54, 1.807) is 7.05 Å². The number of nitrogens with zero attached hydrogens (tertiary/aromatic N) is 4. The van der Waals surface area contributed by atoms with E-state index in [0.717, 1.165) is 5.56 Å². The third-order valence-corrected chi connectivity index (χ3v) is 4.25. The van der Waals surface area contributed by atoms with Crippen LogP contribution in [0.3, 0.4) is 0 Å². The molecule has 1 aromatic heterocycles. The highest BCUT2D eigenvalue weighted by Crippen LogP contribution is 2.29. The van der Waals surface area contributed by atoms with Crippen LogP contribution >= 0.6 is 0 Å². The van der Waals surface area contributed by atoms with Gasteiger partial charge in [-0.25, -0.2) is 14.1 Å². The molecule has 166 valence electrons. The number of aliphatic hydroxyl groups is 1. The van der Waals surface area contributed by atoms with E-state index in [1.165, 1.54) is 34.9 Å². The number of hydrogen-bond acceptors (Lipinski definition) is 5. The average Bonchev–Trinajstić information content (AvgIpc) is 3.13. The van der Waals surface area contributed by atoms with Crippen molar-refractivity contribution in [3.05, 3.63) is 47.4 Å². The molecule has 0 fully saturated rings. The molecule has 1 unspecified atom stereocenters. The zero-order valence-corrected chi connectivity index (χ0v) is 18.6. The normalized spacial score (nSPS) is 10.7. The van der Waals surface area contributed by atoms with Gasteiger partial charge in [0.1, 0.15) is 23.4 Å². The van der Waals surface area contributed by atoms with E-state index >= 15 is 0 Å². The molecule has 31 heavy (non-hydrogen) atoms. The zero-order chi connectivity index (χ0) is 23.6. The maximum absolute atomic E-state index is 14.2. The number of hydrogen-bond donors (Lipinski definition) is 1. The first-order chi connectivity index (χ1) is 14.8. The summed E-state index contributed by atoms with van der Waals surface area (Å²) in [6, 6.07) is 4.31. The van der Waals surface area contributed by atoms with Crippen LogP contribution in [0.4, 0.5) is 10.2 Å². The van der Waals surface area contributed by atoms with Crippen molar-refractivity contribution < 1.29 is 19.0 Å². The van der Waals surface area contributed by atoms with Crippen LogP contribution in [0.5, 0.6) is 0 Å². The number of ether oxygens (including phenoxy) is 1. The molecule has 0 radical (unpaired) electrons. The molecule has 1 amide bonds.